The van der Waals surface area contributed by atoms with Gasteiger partial charge in [0.05, 0.1) is 6.54 Å². The third kappa shape index (κ3) is 5.18. The zero-order chi connectivity index (χ0) is 16.0. The lowest BCUT2D eigenvalue weighted by Gasteiger charge is -2.30. The van der Waals surface area contributed by atoms with Crippen LogP contribution in [0.2, 0.25) is 0 Å². The summed E-state index contributed by atoms with van der Waals surface area (Å²) in [6, 6.07) is 1.96. The lowest BCUT2D eigenvalue weighted by Crippen LogP contribution is -2.48. The molecule has 1 aromatic heterocycles. The van der Waals surface area contributed by atoms with Crippen molar-refractivity contribution >= 4 is 29.1 Å². The molecule has 0 radical (unpaired) electrons. The molecule has 2 amide bonds. The normalized spacial score (nSPS) is 24.5. The molecule has 6 heteroatoms. The molecule has 0 bridgehead atoms. The number of thiophene rings is 1. The van der Waals surface area contributed by atoms with Crippen LogP contribution in [0.5, 0.6) is 0 Å². The third-order valence-electron chi connectivity index (χ3n) is 4.10. The number of carbonyl (C=O) groups excluding carboxylic acids is 1. The highest BCUT2D eigenvalue weighted by molar-refractivity contribution is 7.99. The Kier molecular flexibility index (Phi) is 6.59. The molecule has 124 valence electrons. The lowest BCUT2D eigenvalue weighted by molar-refractivity contribution is 0.0596. The Morgan fingerprint density at radius 2 is 2.36 bits per heavy atom. The summed E-state index contributed by atoms with van der Waals surface area (Å²) in [5.74, 6) is 1.13. The van der Waals surface area contributed by atoms with Crippen LogP contribution in [0.15, 0.2) is 16.8 Å². The zero-order valence-corrected chi connectivity index (χ0v) is 14.9. The molecule has 22 heavy (non-hydrogen) atoms. The predicted molar refractivity (Wildman–Crippen MR) is 94.6 cm³/mol. The second-order valence-corrected chi connectivity index (χ2v) is 8.41. The zero-order valence-electron chi connectivity index (χ0n) is 13.3. The summed E-state index contributed by atoms with van der Waals surface area (Å²) in [5.41, 5.74) is -0.181. The number of aliphatic hydroxyl groups is 1. The van der Waals surface area contributed by atoms with Gasteiger partial charge in [-0.3, -0.25) is 0 Å². The maximum Gasteiger partial charge on any atom is 0.315 e. The molecule has 0 aromatic carbocycles. The highest BCUT2D eigenvalue weighted by atomic mass is 32.2. The van der Waals surface area contributed by atoms with Gasteiger partial charge in [-0.05, 0) is 54.3 Å². The summed E-state index contributed by atoms with van der Waals surface area (Å²) in [6.07, 6.45) is 4.53. The Labute approximate surface area is 141 Å². The van der Waals surface area contributed by atoms with Gasteiger partial charge in [0, 0.05) is 11.3 Å². The molecule has 3 unspecified atom stereocenters. The highest BCUT2D eigenvalue weighted by Gasteiger charge is 2.26. The van der Waals surface area contributed by atoms with Gasteiger partial charge in [-0.2, -0.15) is 23.1 Å². The average molecular weight is 343 g/mol. The van der Waals surface area contributed by atoms with Gasteiger partial charge >= 0.3 is 6.03 Å². The quantitative estimate of drug-likeness (QED) is 0.743. The number of hydrogen-bond acceptors (Lipinski definition) is 4. The van der Waals surface area contributed by atoms with Gasteiger partial charge in [0.2, 0.25) is 0 Å². The van der Waals surface area contributed by atoms with Crippen molar-refractivity contribution < 1.29 is 9.90 Å². The van der Waals surface area contributed by atoms with Crippen molar-refractivity contribution in [3.8, 4) is 0 Å². The lowest BCUT2D eigenvalue weighted by atomic mass is 9.95. The third-order valence-corrected chi connectivity index (χ3v) is 6.02. The first-order valence-corrected chi connectivity index (χ1v) is 9.91. The number of urea groups is 1. The van der Waals surface area contributed by atoms with E-state index >= 15 is 0 Å². The minimum absolute atomic E-state index is 0.178. The number of amides is 2. The van der Waals surface area contributed by atoms with Crippen LogP contribution < -0.4 is 10.6 Å². The Morgan fingerprint density at radius 1 is 1.55 bits per heavy atom. The second-order valence-electron chi connectivity index (χ2n) is 6.05. The summed E-state index contributed by atoms with van der Waals surface area (Å²) < 4.78 is 0. The van der Waals surface area contributed by atoms with E-state index in [0.29, 0.717) is 5.25 Å². The van der Waals surface area contributed by atoms with E-state index in [-0.39, 0.29) is 18.6 Å². The molecule has 1 fully saturated rings. The van der Waals surface area contributed by atoms with Gasteiger partial charge in [0.1, 0.15) is 5.60 Å². The molecule has 0 aliphatic heterocycles. The number of thioether (sulfide) groups is 1. The molecule has 1 heterocycles. The van der Waals surface area contributed by atoms with Crippen molar-refractivity contribution in [1.82, 2.24) is 10.6 Å². The van der Waals surface area contributed by atoms with Crippen LogP contribution in [0.3, 0.4) is 0 Å². The number of hydrogen-bond donors (Lipinski definition) is 3. The van der Waals surface area contributed by atoms with Gasteiger partial charge in [-0.15, -0.1) is 0 Å². The van der Waals surface area contributed by atoms with Crippen molar-refractivity contribution in [3.05, 3.63) is 22.4 Å². The van der Waals surface area contributed by atoms with Crippen LogP contribution in [0, 0.1) is 0 Å². The van der Waals surface area contributed by atoms with Crippen LogP contribution in [0.25, 0.3) is 0 Å². The molecular weight excluding hydrogens is 316 g/mol. The Bertz CT molecular complexity index is 461. The van der Waals surface area contributed by atoms with E-state index in [0.717, 1.165) is 24.2 Å². The topological polar surface area (TPSA) is 61.4 Å². The van der Waals surface area contributed by atoms with E-state index in [1.54, 1.807) is 18.3 Å². The Hall–Kier alpha value is -0.720. The fraction of sp³-hybridized carbons (Fsp3) is 0.688. The Balaban J connectivity index is 1.76. The molecule has 1 aromatic rings. The standard InChI is InChI=1S/C16H26N2O2S2/c1-3-22-14-6-4-5-13(9-14)18-15(19)17-11-16(2,20)12-7-8-21-10-12/h7-8,10,13-14,20H,3-6,9,11H2,1-2H3,(H2,17,18,19). The molecule has 1 saturated carbocycles. The van der Waals surface area contributed by atoms with E-state index < -0.39 is 5.60 Å². The molecule has 0 spiro atoms. The first-order valence-electron chi connectivity index (χ1n) is 7.92. The van der Waals surface area contributed by atoms with Crippen LogP contribution in [-0.2, 0) is 5.60 Å². The SMILES string of the molecule is CCSC1CCCC(NC(=O)NCC(C)(O)c2ccsc2)C1. The van der Waals surface area contributed by atoms with Crippen molar-refractivity contribution in [2.24, 2.45) is 0 Å². The van der Waals surface area contributed by atoms with E-state index in [1.165, 1.54) is 12.8 Å². The molecule has 3 N–H and O–H groups in total. The summed E-state index contributed by atoms with van der Waals surface area (Å²) >= 11 is 3.53. The number of rotatable bonds is 6. The van der Waals surface area contributed by atoms with Crippen LogP contribution in [-0.4, -0.2) is 34.7 Å². The summed E-state index contributed by atoms with van der Waals surface area (Å²) in [5, 5.41) is 20.8. The smallest absolute Gasteiger partial charge is 0.315 e. The fourth-order valence-corrected chi connectivity index (χ4v) is 4.78. The minimum atomic E-state index is -1.02. The van der Waals surface area contributed by atoms with E-state index in [9.17, 15) is 9.90 Å². The van der Waals surface area contributed by atoms with E-state index in [1.807, 2.05) is 28.6 Å². The van der Waals surface area contributed by atoms with Crippen molar-refractivity contribution in [3.63, 3.8) is 0 Å². The summed E-state index contributed by atoms with van der Waals surface area (Å²) in [7, 11) is 0. The second kappa shape index (κ2) is 8.22. The maximum atomic E-state index is 12.1. The first-order chi connectivity index (χ1) is 10.5. The van der Waals surface area contributed by atoms with Gasteiger partial charge in [0.25, 0.3) is 0 Å². The molecule has 1 aliphatic carbocycles. The average Bonchev–Trinajstić information content (AvgIpc) is 3.01. The number of carbonyl (C=O) groups is 1. The molecule has 0 saturated heterocycles. The first kappa shape index (κ1) is 17.6. The Morgan fingerprint density at radius 3 is 3.05 bits per heavy atom. The van der Waals surface area contributed by atoms with E-state index in [4.69, 9.17) is 0 Å². The fourth-order valence-electron chi connectivity index (χ4n) is 2.82. The molecule has 1 aliphatic rings. The van der Waals surface area contributed by atoms with Gasteiger partial charge in [0.15, 0.2) is 0 Å². The largest absolute Gasteiger partial charge is 0.384 e. The molecular formula is C16H26N2O2S2. The van der Waals surface area contributed by atoms with Crippen molar-refractivity contribution in [1.29, 1.82) is 0 Å². The minimum Gasteiger partial charge on any atom is -0.384 e. The van der Waals surface area contributed by atoms with Crippen LogP contribution in [0.1, 0.15) is 45.1 Å². The monoisotopic (exact) mass is 342 g/mol. The van der Waals surface area contributed by atoms with Gasteiger partial charge < -0.3 is 15.7 Å². The van der Waals surface area contributed by atoms with Crippen LogP contribution >= 0.6 is 23.1 Å². The van der Waals surface area contributed by atoms with Gasteiger partial charge in [-0.1, -0.05) is 13.3 Å². The molecule has 4 nitrogen and oxygen atoms in total. The van der Waals surface area contributed by atoms with Crippen LogP contribution in [0.4, 0.5) is 4.79 Å². The summed E-state index contributed by atoms with van der Waals surface area (Å²) in [6.45, 7) is 4.13. The van der Waals surface area contributed by atoms with E-state index in [2.05, 4.69) is 17.6 Å². The number of nitrogens with one attached hydrogen (secondary N) is 2. The highest BCUT2D eigenvalue weighted by Crippen LogP contribution is 2.28. The molecule has 3 atom stereocenters. The molecule has 2 rings (SSSR count). The maximum absolute atomic E-state index is 12.1. The summed E-state index contributed by atoms with van der Waals surface area (Å²) in [4.78, 5) is 12.1. The van der Waals surface area contributed by atoms with Crippen molar-refractivity contribution in [2.75, 3.05) is 12.3 Å². The van der Waals surface area contributed by atoms with Crippen molar-refractivity contribution in [2.45, 2.75) is 56.4 Å². The predicted octanol–water partition coefficient (Wildman–Crippen LogP) is 3.32. The van der Waals surface area contributed by atoms with Gasteiger partial charge in [-0.25, -0.2) is 4.79 Å².